The first kappa shape index (κ1) is 13.2. The van der Waals surface area contributed by atoms with Crippen molar-refractivity contribution >= 4 is 23.1 Å². The van der Waals surface area contributed by atoms with Crippen molar-refractivity contribution < 1.29 is 4.74 Å². The Bertz CT molecular complexity index is 615. The summed E-state index contributed by atoms with van der Waals surface area (Å²) in [5.41, 5.74) is 9.24. The number of nitrogen functional groups attached to an aromatic ring is 1. The molecule has 0 aliphatic carbocycles. The van der Waals surface area contributed by atoms with Crippen molar-refractivity contribution in [1.29, 1.82) is 0 Å². The van der Waals surface area contributed by atoms with Crippen LogP contribution in [0, 0.1) is 0 Å². The Morgan fingerprint density at radius 3 is 3.00 bits per heavy atom. The fourth-order valence-electron chi connectivity index (χ4n) is 2.45. The van der Waals surface area contributed by atoms with Gasteiger partial charge in [-0.1, -0.05) is 12.1 Å². The molecular formula is C16H18N2OS. The minimum Gasteiger partial charge on any atom is -0.497 e. The predicted molar refractivity (Wildman–Crippen MR) is 85.6 cm³/mol. The van der Waals surface area contributed by atoms with Gasteiger partial charge >= 0.3 is 0 Å². The lowest BCUT2D eigenvalue weighted by molar-refractivity contribution is 0.414. The molecule has 4 heteroatoms. The zero-order valence-corrected chi connectivity index (χ0v) is 12.3. The molecular weight excluding hydrogens is 268 g/mol. The van der Waals surface area contributed by atoms with Gasteiger partial charge in [0.1, 0.15) is 5.75 Å². The molecule has 0 saturated carbocycles. The van der Waals surface area contributed by atoms with Crippen LogP contribution in [0.5, 0.6) is 5.75 Å². The second kappa shape index (κ2) is 5.67. The number of hydrogen-bond acceptors (Lipinski definition) is 4. The third kappa shape index (κ3) is 2.70. The molecule has 3 nitrogen and oxygen atoms in total. The molecule has 0 saturated heterocycles. The fourth-order valence-corrected chi connectivity index (χ4v) is 3.48. The van der Waals surface area contributed by atoms with Crippen LogP contribution in [0.2, 0.25) is 0 Å². The summed E-state index contributed by atoms with van der Waals surface area (Å²) < 4.78 is 5.29. The summed E-state index contributed by atoms with van der Waals surface area (Å²) in [6, 6.07) is 14.4. The van der Waals surface area contributed by atoms with Crippen molar-refractivity contribution in [2.24, 2.45) is 0 Å². The number of methoxy groups -OCH3 is 1. The first-order valence-corrected chi connectivity index (χ1v) is 7.65. The van der Waals surface area contributed by atoms with E-state index in [0.29, 0.717) is 0 Å². The summed E-state index contributed by atoms with van der Waals surface area (Å²) in [7, 11) is 1.70. The molecule has 20 heavy (non-hydrogen) atoms. The maximum absolute atomic E-state index is 5.93. The number of nitrogens with two attached hydrogens (primary N) is 1. The highest BCUT2D eigenvalue weighted by molar-refractivity contribution is 7.99. The molecule has 0 atom stereocenters. The highest BCUT2D eigenvalue weighted by Gasteiger charge is 2.17. The Morgan fingerprint density at radius 1 is 1.25 bits per heavy atom. The van der Waals surface area contributed by atoms with E-state index >= 15 is 0 Å². The van der Waals surface area contributed by atoms with Gasteiger partial charge in [0.25, 0.3) is 0 Å². The van der Waals surface area contributed by atoms with Crippen molar-refractivity contribution in [2.75, 3.05) is 30.0 Å². The summed E-state index contributed by atoms with van der Waals surface area (Å²) in [4.78, 5) is 3.70. The summed E-state index contributed by atoms with van der Waals surface area (Å²) in [5, 5.41) is 0. The zero-order chi connectivity index (χ0) is 13.9. The lowest BCUT2D eigenvalue weighted by atomic mass is 10.1. The third-order valence-corrected chi connectivity index (χ3v) is 4.49. The molecule has 0 radical (unpaired) electrons. The van der Waals surface area contributed by atoms with Gasteiger partial charge in [0.15, 0.2) is 0 Å². The highest BCUT2D eigenvalue weighted by Crippen LogP contribution is 2.36. The quantitative estimate of drug-likeness (QED) is 0.878. The van der Waals surface area contributed by atoms with Crippen LogP contribution in [-0.2, 0) is 6.54 Å². The van der Waals surface area contributed by atoms with Crippen LogP contribution in [0.15, 0.2) is 47.4 Å². The second-order valence-corrected chi connectivity index (χ2v) is 5.99. The molecule has 1 aliphatic heterocycles. The van der Waals surface area contributed by atoms with Crippen LogP contribution >= 0.6 is 11.8 Å². The van der Waals surface area contributed by atoms with E-state index in [1.807, 2.05) is 30.0 Å². The maximum atomic E-state index is 5.93. The first-order chi connectivity index (χ1) is 9.76. The van der Waals surface area contributed by atoms with Crippen molar-refractivity contribution in [3.05, 3.63) is 48.0 Å². The minimum atomic E-state index is 0.821. The van der Waals surface area contributed by atoms with Gasteiger partial charge < -0.3 is 15.4 Å². The monoisotopic (exact) mass is 286 g/mol. The van der Waals surface area contributed by atoms with E-state index in [9.17, 15) is 0 Å². The Labute approximate surface area is 123 Å². The molecule has 2 N–H and O–H groups in total. The Hall–Kier alpha value is -1.81. The lowest BCUT2D eigenvalue weighted by Crippen LogP contribution is -2.28. The number of fused-ring (bicyclic) bond motifs is 1. The molecule has 0 bridgehead atoms. The molecule has 0 aromatic heterocycles. The largest absolute Gasteiger partial charge is 0.497 e. The van der Waals surface area contributed by atoms with E-state index < -0.39 is 0 Å². The first-order valence-electron chi connectivity index (χ1n) is 6.66. The molecule has 1 aliphatic rings. The van der Waals surface area contributed by atoms with Crippen molar-refractivity contribution in [3.8, 4) is 5.75 Å². The van der Waals surface area contributed by atoms with Gasteiger partial charge in [-0.25, -0.2) is 0 Å². The molecule has 0 amide bonds. The van der Waals surface area contributed by atoms with Gasteiger partial charge in [-0.05, 0) is 35.9 Å². The standard InChI is InChI=1S/C16H18N2OS/c1-19-14-4-2-3-12(9-14)11-18-7-8-20-16-6-5-13(17)10-15(16)18/h2-6,9-10H,7-8,11,17H2,1H3. The third-order valence-electron chi connectivity index (χ3n) is 3.45. The van der Waals surface area contributed by atoms with Gasteiger partial charge in [-0.3, -0.25) is 0 Å². The maximum Gasteiger partial charge on any atom is 0.119 e. The number of benzene rings is 2. The molecule has 2 aromatic carbocycles. The van der Waals surface area contributed by atoms with Crippen molar-refractivity contribution in [1.82, 2.24) is 0 Å². The summed E-state index contributed by atoms with van der Waals surface area (Å²) in [6.45, 7) is 1.92. The van der Waals surface area contributed by atoms with Gasteiger partial charge in [-0.15, -0.1) is 11.8 Å². The topological polar surface area (TPSA) is 38.5 Å². The van der Waals surface area contributed by atoms with E-state index in [1.165, 1.54) is 16.1 Å². The normalized spacial score (nSPS) is 13.9. The van der Waals surface area contributed by atoms with Crippen LogP contribution < -0.4 is 15.4 Å². The van der Waals surface area contributed by atoms with Crippen LogP contribution in [0.1, 0.15) is 5.56 Å². The van der Waals surface area contributed by atoms with Gasteiger partial charge in [0.2, 0.25) is 0 Å². The summed E-state index contributed by atoms with van der Waals surface area (Å²) in [6.07, 6.45) is 0. The zero-order valence-electron chi connectivity index (χ0n) is 11.5. The van der Waals surface area contributed by atoms with E-state index in [1.54, 1.807) is 7.11 Å². The molecule has 0 unspecified atom stereocenters. The number of thioether (sulfide) groups is 1. The van der Waals surface area contributed by atoms with Crippen LogP contribution in [0.3, 0.4) is 0 Å². The average molecular weight is 286 g/mol. The average Bonchev–Trinajstić information content (AvgIpc) is 2.48. The SMILES string of the molecule is COc1cccc(CN2CCSc3ccc(N)cc32)c1. The van der Waals surface area contributed by atoms with Crippen LogP contribution in [0.25, 0.3) is 0 Å². The second-order valence-electron chi connectivity index (χ2n) is 4.85. The number of nitrogens with zero attached hydrogens (tertiary/aromatic N) is 1. The Kier molecular flexibility index (Phi) is 3.74. The molecule has 1 heterocycles. The Balaban J connectivity index is 1.87. The van der Waals surface area contributed by atoms with Crippen LogP contribution in [-0.4, -0.2) is 19.4 Å². The Morgan fingerprint density at radius 2 is 2.15 bits per heavy atom. The lowest BCUT2D eigenvalue weighted by Gasteiger charge is -2.31. The molecule has 0 fully saturated rings. The number of hydrogen-bond donors (Lipinski definition) is 1. The van der Waals surface area contributed by atoms with Gasteiger partial charge in [0, 0.05) is 29.4 Å². The number of rotatable bonds is 3. The number of anilines is 2. The number of ether oxygens (including phenoxy) is 1. The minimum absolute atomic E-state index is 0.821. The molecule has 0 spiro atoms. The van der Waals surface area contributed by atoms with Crippen molar-refractivity contribution in [3.63, 3.8) is 0 Å². The predicted octanol–water partition coefficient (Wildman–Crippen LogP) is 3.39. The fraction of sp³-hybridized carbons (Fsp3) is 0.250. The van der Waals surface area contributed by atoms with E-state index in [-0.39, 0.29) is 0 Å². The summed E-state index contributed by atoms with van der Waals surface area (Å²) >= 11 is 1.90. The smallest absolute Gasteiger partial charge is 0.119 e. The summed E-state index contributed by atoms with van der Waals surface area (Å²) in [5.74, 6) is 2.02. The van der Waals surface area contributed by atoms with E-state index in [4.69, 9.17) is 10.5 Å². The molecule has 3 rings (SSSR count). The van der Waals surface area contributed by atoms with Gasteiger partial charge in [-0.2, -0.15) is 0 Å². The molecule has 2 aromatic rings. The van der Waals surface area contributed by atoms with E-state index in [0.717, 1.165) is 30.3 Å². The van der Waals surface area contributed by atoms with E-state index in [2.05, 4.69) is 29.2 Å². The highest BCUT2D eigenvalue weighted by atomic mass is 32.2. The molecule has 104 valence electrons. The van der Waals surface area contributed by atoms with Crippen molar-refractivity contribution in [2.45, 2.75) is 11.4 Å². The van der Waals surface area contributed by atoms with Crippen LogP contribution in [0.4, 0.5) is 11.4 Å². The van der Waals surface area contributed by atoms with Gasteiger partial charge in [0.05, 0.1) is 12.8 Å².